The van der Waals surface area contributed by atoms with Crippen molar-refractivity contribution in [3.63, 3.8) is 0 Å². The van der Waals surface area contributed by atoms with E-state index in [1.807, 2.05) is 13.0 Å². The maximum atomic E-state index is 12.3. The molecule has 0 aromatic heterocycles. The molecule has 180 valence electrons. The predicted molar refractivity (Wildman–Crippen MR) is 126 cm³/mol. The molecule has 33 heavy (non-hydrogen) atoms. The first-order chi connectivity index (χ1) is 15.6. The molecule has 0 fully saturated rings. The molecule has 1 aliphatic heterocycles. The van der Waals surface area contributed by atoms with E-state index in [2.05, 4.69) is 5.32 Å². The fourth-order valence-electron chi connectivity index (χ4n) is 3.96. The van der Waals surface area contributed by atoms with Crippen molar-refractivity contribution in [2.75, 3.05) is 45.1 Å². The van der Waals surface area contributed by atoms with Gasteiger partial charge in [0.1, 0.15) is 16.1 Å². The topological polar surface area (TPSA) is 108 Å². The molecule has 2 amide bonds. The van der Waals surface area contributed by atoms with Gasteiger partial charge in [-0.2, -0.15) is 0 Å². The van der Waals surface area contributed by atoms with Crippen LogP contribution in [0.2, 0.25) is 0 Å². The van der Waals surface area contributed by atoms with Gasteiger partial charge in [-0.05, 0) is 36.2 Å². The van der Waals surface area contributed by atoms with Crippen LogP contribution in [0.4, 0.5) is 10.5 Å². The quantitative estimate of drug-likeness (QED) is 0.602. The number of amides is 2. The fraction of sp³-hybridized carbons (Fsp3) is 0.435. The summed E-state index contributed by atoms with van der Waals surface area (Å²) >= 11 is 0. The third kappa shape index (κ3) is 5.58. The number of carbonyl (C=O) groups is 1. The predicted octanol–water partition coefficient (Wildman–Crippen LogP) is 2.78. The van der Waals surface area contributed by atoms with Crippen LogP contribution in [-0.2, 0) is 16.4 Å². The van der Waals surface area contributed by atoms with E-state index >= 15 is 0 Å². The van der Waals surface area contributed by atoms with Crippen LogP contribution in [0.3, 0.4) is 0 Å². The van der Waals surface area contributed by atoms with E-state index in [1.165, 1.54) is 18.3 Å². The van der Waals surface area contributed by atoms with Crippen LogP contribution in [0.1, 0.15) is 35.9 Å². The standard InChI is InChI=1S/C23H31N3O6S/c1-6-32-20-12-15(10-11-19(20)31-4)18(14-33(5,29)30)26-13-16-8-7-9-17(21(16)22(26)27)24-23(28)25(2)3/h7-12,18,22,27H,6,13-14H2,1-5H3,(H,24,28). The molecule has 0 saturated heterocycles. The molecule has 0 saturated carbocycles. The molecule has 1 aliphatic rings. The molecule has 2 atom stereocenters. The summed E-state index contributed by atoms with van der Waals surface area (Å²) < 4.78 is 35.7. The summed E-state index contributed by atoms with van der Waals surface area (Å²) in [6, 6.07) is 9.67. The first-order valence-corrected chi connectivity index (χ1v) is 12.6. The molecule has 1 heterocycles. The number of methoxy groups -OCH3 is 1. The zero-order chi connectivity index (χ0) is 24.3. The van der Waals surface area contributed by atoms with Gasteiger partial charge in [0.15, 0.2) is 11.5 Å². The molecule has 3 rings (SSSR count). The van der Waals surface area contributed by atoms with Crippen molar-refractivity contribution < 1.29 is 27.8 Å². The Morgan fingerprint density at radius 3 is 2.61 bits per heavy atom. The second-order valence-corrected chi connectivity index (χ2v) is 10.4. The van der Waals surface area contributed by atoms with Crippen LogP contribution in [0, 0.1) is 0 Å². The lowest BCUT2D eigenvalue weighted by Crippen LogP contribution is -2.33. The highest BCUT2D eigenvalue weighted by Gasteiger charge is 2.38. The lowest BCUT2D eigenvalue weighted by molar-refractivity contribution is -0.0117. The monoisotopic (exact) mass is 477 g/mol. The molecule has 0 spiro atoms. The number of hydrogen-bond donors (Lipinski definition) is 2. The molecule has 0 aliphatic carbocycles. The van der Waals surface area contributed by atoms with Gasteiger partial charge >= 0.3 is 6.03 Å². The van der Waals surface area contributed by atoms with E-state index in [0.29, 0.717) is 41.5 Å². The van der Waals surface area contributed by atoms with E-state index in [1.54, 1.807) is 49.3 Å². The van der Waals surface area contributed by atoms with Crippen LogP contribution >= 0.6 is 0 Å². The number of sulfone groups is 1. The van der Waals surface area contributed by atoms with Crippen molar-refractivity contribution in [1.82, 2.24) is 9.80 Å². The molecule has 2 N–H and O–H groups in total. The zero-order valence-corrected chi connectivity index (χ0v) is 20.3. The number of anilines is 1. The summed E-state index contributed by atoms with van der Waals surface area (Å²) in [5, 5.41) is 14.1. The molecule has 2 aromatic carbocycles. The molecule has 2 aromatic rings. The second-order valence-electron chi connectivity index (χ2n) is 8.20. The highest BCUT2D eigenvalue weighted by molar-refractivity contribution is 7.90. The summed E-state index contributed by atoms with van der Waals surface area (Å²) in [5.74, 6) is 0.841. The number of benzene rings is 2. The summed E-state index contributed by atoms with van der Waals surface area (Å²) in [6.07, 6.45) is 0.0637. The fourth-order valence-corrected chi connectivity index (χ4v) is 4.92. The minimum atomic E-state index is -3.40. The van der Waals surface area contributed by atoms with Gasteiger partial charge in [-0.15, -0.1) is 0 Å². The molecule has 9 nitrogen and oxygen atoms in total. The lowest BCUT2D eigenvalue weighted by atomic mass is 10.1. The molecular formula is C23H31N3O6S. The number of carbonyl (C=O) groups excluding carboxylic acids is 1. The van der Waals surface area contributed by atoms with Crippen LogP contribution in [0.25, 0.3) is 0 Å². The smallest absolute Gasteiger partial charge is 0.321 e. The molecule has 0 bridgehead atoms. The Labute approximate surface area is 194 Å². The molecular weight excluding hydrogens is 446 g/mol. The zero-order valence-electron chi connectivity index (χ0n) is 19.5. The van der Waals surface area contributed by atoms with Crippen molar-refractivity contribution in [2.45, 2.75) is 25.7 Å². The lowest BCUT2D eigenvalue weighted by Gasteiger charge is -2.31. The van der Waals surface area contributed by atoms with Gasteiger partial charge < -0.3 is 24.8 Å². The Morgan fingerprint density at radius 1 is 1.27 bits per heavy atom. The summed E-state index contributed by atoms with van der Waals surface area (Å²) in [7, 11) is 1.39. The molecule has 10 heteroatoms. The van der Waals surface area contributed by atoms with E-state index in [9.17, 15) is 18.3 Å². The maximum absolute atomic E-state index is 12.3. The number of fused-ring (bicyclic) bond motifs is 1. The van der Waals surface area contributed by atoms with Crippen LogP contribution < -0.4 is 14.8 Å². The number of aliphatic hydroxyl groups is 1. The number of nitrogens with one attached hydrogen (secondary N) is 1. The van der Waals surface area contributed by atoms with Gasteiger partial charge in [-0.3, -0.25) is 4.90 Å². The number of aliphatic hydroxyl groups excluding tert-OH is 1. The number of ether oxygens (including phenoxy) is 2. The number of urea groups is 1. The van der Waals surface area contributed by atoms with E-state index in [-0.39, 0.29) is 11.8 Å². The number of rotatable bonds is 8. The van der Waals surface area contributed by atoms with Gasteiger partial charge in [0.05, 0.1) is 25.5 Å². The maximum Gasteiger partial charge on any atom is 0.321 e. The first kappa shape index (κ1) is 24.8. The average molecular weight is 478 g/mol. The Morgan fingerprint density at radius 2 is 2.00 bits per heavy atom. The van der Waals surface area contributed by atoms with Gasteiger partial charge in [0, 0.05) is 38.1 Å². The molecule has 0 radical (unpaired) electrons. The minimum Gasteiger partial charge on any atom is -0.493 e. The van der Waals surface area contributed by atoms with Crippen molar-refractivity contribution in [3.8, 4) is 11.5 Å². The highest BCUT2D eigenvalue weighted by atomic mass is 32.2. The van der Waals surface area contributed by atoms with Crippen molar-refractivity contribution >= 4 is 21.6 Å². The summed E-state index contributed by atoms with van der Waals surface area (Å²) in [4.78, 5) is 15.3. The van der Waals surface area contributed by atoms with Crippen molar-refractivity contribution in [1.29, 1.82) is 0 Å². The summed E-state index contributed by atoms with van der Waals surface area (Å²) in [6.45, 7) is 2.59. The third-order valence-corrected chi connectivity index (χ3v) is 6.42. The largest absolute Gasteiger partial charge is 0.493 e. The minimum absolute atomic E-state index is 0.199. The first-order valence-electron chi connectivity index (χ1n) is 10.6. The van der Waals surface area contributed by atoms with Crippen molar-refractivity contribution in [2.24, 2.45) is 0 Å². The highest BCUT2D eigenvalue weighted by Crippen LogP contribution is 2.43. The third-order valence-electron chi connectivity index (χ3n) is 5.50. The van der Waals surface area contributed by atoms with Gasteiger partial charge in [0.2, 0.25) is 0 Å². The van der Waals surface area contributed by atoms with Gasteiger partial charge in [-0.25, -0.2) is 13.2 Å². The van der Waals surface area contributed by atoms with E-state index < -0.39 is 22.1 Å². The summed E-state index contributed by atoms with van der Waals surface area (Å²) in [5.41, 5.74) is 2.54. The van der Waals surface area contributed by atoms with Crippen LogP contribution in [0.15, 0.2) is 36.4 Å². The number of hydrogen-bond acceptors (Lipinski definition) is 7. The Kier molecular flexibility index (Phi) is 7.51. The van der Waals surface area contributed by atoms with Gasteiger partial charge in [-0.1, -0.05) is 18.2 Å². The normalized spacial score (nSPS) is 16.7. The van der Waals surface area contributed by atoms with Crippen LogP contribution in [0.5, 0.6) is 11.5 Å². The van der Waals surface area contributed by atoms with E-state index in [4.69, 9.17) is 9.47 Å². The Bertz CT molecular complexity index is 1120. The Balaban J connectivity index is 2.02. The van der Waals surface area contributed by atoms with E-state index in [0.717, 1.165) is 5.56 Å². The molecule has 2 unspecified atom stereocenters. The second kappa shape index (κ2) is 9.98. The Hall–Kier alpha value is -2.82. The van der Waals surface area contributed by atoms with Crippen molar-refractivity contribution in [3.05, 3.63) is 53.1 Å². The van der Waals surface area contributed by atoms with Gasteiger partial charge in [0.25, 0.3) is 0 Å². The number of nitrogens with zero attached hydrogens (tertiary/aromatic N) is 2. The van der Waals surface area contributed by atoms with Crippen LogP contribution in [-0.4, -0.2) is 69.2 Å². The SMILES string of the molecule is CCOc1cc(C(CS(C)(=O)=O)N2Cc3cccc(NC(=O)N(C)C)c3C2O)ccc1OC. The average Bonchev–Trinajstić information content (AvgIpc) is 3.09.